The van der Waals surface area contributed by atoms with Crippen molar-refractivity contribution in [3.8, 4) is 11.5 Å². The zero-order chi connectivity index (χ0) is 23.4. The van der Waals surface area contributed by atoms with Gasteiger partial charge in [0, 0.05) is 11.6 Å². The number of ether oxygens (including phenoxy) is 3. The number of hydrogen-bond acceptors (Lipinski definition) is 5. The fourth-order valence-corrected chi connectivity index (χ4v) is 4.57. The van der Waals surface area contributed by atoms with Crippen LogP contribution in [0, 0.1) is 5.92 Å². The van der Waals surface area contributed by atoms with Gasteiger partial charge < -0.3 is 19.5 Å². The largest absolute Gasteiger partial charge is 0.497 e. The molecule has 1 aliphatic rings. The zero-order valence-corrected chi connectivity index (χ0v) is 20.1. The molecule has 0 saturated heterocycles. The Bertz CT molecular complexity index is 1150. The van der Waals surface area contributed by atoms with E-state index in [4.69, 9.17) is 25.8 Å². The Morgan fingerprint density at radius 2 is 1.85 bits per heavy atom. The van der Waals surface area contributed by atoms with Gasteiger partial charge in [-0.15, -0.1) is 0 Å². The first kappa shape index (κ1) is 23.1. The van der Waals surface area contributed by atoms with Crippen molar-refractivity contribution >= 4 is 39.4 Å². The summed E-state index contributed by atoms with van der Waals surface area (Å²) in [7, 11) is 1.58. The minimum Gasteiger partial charge on any atom is -0.497 e. The van der Waals surface area contributed by atoms with Crippen molar-refractivity contribution in [1.29, 1.82) is 0 Å². The summed E-state index contributed by atoms with van der Waals surface area (Å²) in [5.41, 5.74) is 2.01. The predicted octanol–water partition coefficient (Wildman–Crippen LogP) is 5.97. The van der Waals surface area contributed by atoms with E-state index >= 15 is 0 Å². The third kappa shape index (κ3) is 5.31. The summed E-state index contributed by atoms with van der Waals surface area (Å²) in [6.45, 7) is 0.168. The lowest BCUT2D eigenvalue weighted by molar-refractivity contribution is 0.0645. The Hall–Kier alpha value is -3.03. The van der Waals surface area contributed by atoms with Gasteiger partial charge in [0.15, 0.2) is 5.78 Å². The smallest absolute Gasteiger partial charge is 0.407 e. The van der Waals surface area contributed by atoms with Crippen LogP contribution in [-0.2, 0) is 11.3 Å². The maximum Gasteiger partial charge on any atom is 0.407 e. The van der Waals surface area contributed by atoms with Gasteiger partial charge in [-0.05, 0) is 51.3 Å². The lowest BCUT2D eigenvalue weighted by Crippen LogP contribution is -2.40. The Balaban J connectivity index is 1.55. The van der Waals surface area contributed by atoms with Gasteiger partial charge in [-0.1, -0.05) is 54.1 Å². The average Bonchev–Trinajstić information content (AvgIpc) is 2.83. The van der Waals surface area contributed by atoms with Crippen molar-refractivity contribution < 1.29 is 23.8 Å². The molecule has 1 aliphatic heterocycles. The molecule has 0 aliphatic carbocycles. The fraction of sp³-hybridized carbons (Fsp3) is 0.200. The molecule has 1 amide bonds. The number of amides is 1. The summed E-state index contributed by atoms with van der Waals surface area (Å²) in [4.78, 5) is 25.8. The van der Waals surface area contributed by atoms with Crippen LogP contribution in [0.2, 0.25) is 5.02 Å². The molecule has 0 radical (unpaired) electrons. The Labute approximate surface area is 204 Å². The van der Waals surface area contributed by atoms with E-state index in [1.54, 1.807) is 31.4 Å². The molecule has 2 atom stereocenters. The monoisotopic (exact) mass is 529 g/mol. The molecular formula is C25H21BrClNO5. The SMILES string of the molecule is COc1ccc(C2Oc3c(Br)cc(Cl)cc3C(=O)C2CNC(=O)OCc2ccccc2)cc1. The van der Waals surface area contributed by atoms with Crippen LogP contribution in [0.25, 0.3) is 0 Å². The van der Waals surface area contributed by atoms with Crippen molar-refractivity contribution in [3.63, 3.8) is 0 Å². The van der Waals surface area contributed by atoms with Gasteiger partial charge in [-0.25, -0.2) is 4.79 Å². The van der Waals surface area contributed by atoms with Gasteiger partial charge in [-0.3, -0.25) is 4.79 Å². The van der Waals surface area contributed by atoms with E-state index in [2.05, 4.69) is 21.2 Å². The number of rotatable bonds is 6. The van der Waals surface area contributed by atoms with Crippen LogP contribution < -0.4 is 14.8 Å². The molecule has 0 spiro atoms. The Morgan fingerprint density at radius 1 is 1.12 bits per heavy atom. The molecule has 33 heavy (non-hydrogen) atoms. The van der Waals surface area contributed by atoms with E-state index in [0.29, 0.717) is 26.6 Å². The van der Waals surface area contributed by atoms with Crippen LogP contribution in [0.1, 0.15) is 27.6 Å². The highest BCUT2D eigenvalue weighted by atomic mass is 79.9. The third-order valence-electron chi connectivity index (χ3n) is 5.34. The first-order valence-electron chi connectivity index (χ1n) is 10.2. The van der Waals surface area contributed by atoms with Crippen LogP contribution in [0.4, 0.5) is 4.79 Å². The van der Waals surface area contributed by atoms with Crippen LogP contribution in [-0.4, -0.2) is 25.5 Å². The minimum absolute atomic E-state index is 0.0344. The van der Waals surface area contributed by atoms with Gasteiger partial charge in [-0.2, -0.15) is 0 Å². The predicted molar refractivity (Wildman–Crippen MR) is 128 cm³/mol. The van der Waals surface area contributed by atoms with Gasteiger partial charge in [0.1, 0.15) is 24.2 Å². The van der Waals surface area contributed by atoms with E-state index < -0.39 is 18.1 Å². The molecule has 0 bridgehead atoms. The molecule has 3 aromatic carbocycles. The number of carbonyl (C=O) groups excluding carboxylic acids is 2. The van der Waals surface area contributed by atoms with E-state index in [9.17, 15) is 9.59 Å². The Morgan fingerprint density at radius 3 is 2.55 bits per heavy atom. The van der Waals surface area contributed by atoms with E-state index in [0.717, 1.165) is 11.1 Å². The van der Waals surface area contributed by atoms with Gasteiger partial charge >= 0.3 is 6.09 Å². The van der Waals surface area contributed by atoms with E-state index in [1.807, 2.05) is 42.5 Å². The van der Waals surface area contributed by atoms with Crippen LogP contribution >= 0.6 is 27.5 Å². The molecule has 4 rings (SSSR count). The highest BCUT2D eigenvalue weighted by Gasteiger charge is 2.39. The molecule has 0 saturated carbocycles. The van der Waals surface area contributed by atoms with Crippen LogP contribution in [0.15, 0.2) is 71.2 Å². The molecule has 170 valence electrons. The van der Waals surface area contributed by atoms with Gasteiger partial charge in [0.25, 0.3) is 0 Å². The van der Waals surface area contributed by atoms with Gasteiger partial charge in [0.05, 0.1) is 23.1 Å². The average molecular weight is 531 g/mol. The maximum absolute atomic E-state index is 13.4. The molecule has 6 nitrogen and oxygen atoms in total. The van der Waals surface area contributed by atoms with Crippen molar-refractivity contribution in [1.82, 2.24) is 5.32 Å². The molecule has 0 fully saturated rings. The summed E-state index contributed by atoms with van der Waals surface area (Å²) in [5.74, 6) is 0.255. The highest BCUT2D eigenvalue weighted by Crippen LogP contribution is 2.44. The van der Waals surface area contributed by atoms with Crippen molar-refractivity contribution in [2.45, 2.75) is 12.7 Å². The Kier molecular flexibility index (Phi) is 7.20. The number of alkyl carbamates (subject to hydrolysis) is 1. The third-order valence-corrected chi connectivity index (χ3v) is 6.15. The normalized spacial score (nSPS) is 17.0. The van der Waals surface area contributed by atoms with Crippen molar-refractivity contribution in [2.24, 2.45) is 5.92 Å². The first-order valence-corrected chi connectivity index (χ1v) is 11.4. The number of ketones is 1. The molecule has 8 heteroatoms. The summed E-state index contributed by atoms with van der Waals surface area (Å²) in [6, 6.07) is 19.9. The summed E-state index contributed by atoms with van der Waals surface area (Å²) in [6.07, 6.45) is -1.24. The number of carbonyl (C=O) groups is 2. The second kappa shape index (κ2) is 10.3. The standard InChI is InChI=1S/C25H21BrClNO5/c1-31-18-9-7-16(8-10-18)23-20(13-28-25(30)32-14-15-5-3-2-4-6-15)22(29)19-11-17(27)12-21(26)24(19)33-23/h2-12,20,23H,13-14H2,1H3,(H,28,30). The molecule has 0 aromatic heterocycles. The number of Topliss-reactive ketones (excluding diaryl/α,β-unsaturated/α-hetero) is 1. The highest BCUT2D eigenvalue weighted by molar-refractivity contribution is 9.10. The molecule has 2 unspecified atom stereocenters. The second-order valence-corrected chi connectivity index (χ2v) is 8.78. The molecule has 3 aromatic rings. The summed E-state index contributed by atoms with van der Waals surface area (Å²) in [5, 5.41) is 3.12. The topological polar surface area (TPSA) is 73.9 Å². The summed E-state index contributed by atoms with van der Waals surface area (Å²) < 4.78 is 17.4. The number of methoxy groups -OCH3 is 1. The summed E-state index contributed by atoms with van der Waals surface area (Å²) >= 11 is 9.60. The lowest BCUT2D eigenvalue weighted by Gasteiger charge is -2.33. The zero-order valence-electron chi connectivity index (χ0n) is 17.7. The van der Waals surface area contributed by atoms with Crippen LogP contribution in [0.3, 0.4) is 0 Å². The van der Waals surface area contributed by atoms with E-state index in [1.165, 1.54) is 0 Å². The molecule has 1 N–H and O–H groups in total. The van der Waals surface area contributed by atoms with Crippen LogP contribution in [0.5, 0.6) is 11.5 Å². The molecular weight excluding hydrogens is 510 g/mol. The quantitative estimate of drug-likeness (QED) is 0.425. The van der Waals surface area contributed by atoms with Gasteiger partial charge in [0.2, 0.25) is 0 Å². The van der Waals surface area contributed by atoms with Crippen molar-refractivity contribution in [3.05, 3.63) is 92.9 Å². The van der Waals surface area contributed by atoms with Crippen molar-refractivity contribution in [2.75, 3.05) is 13.7 Å². The number of fused-ring (bicyclic) bond motifs is 1. The van der Waals surface area contributed by atoms with E-state index in [-0.39, 0.29) is 18.9 Å². The number of benzene rings is 3. The minimum atomic E-state index is -0.680. The lowest BCUT2D eigenvalue weighted by atomic mass is 9.85. The number of nitrogens with one attached hydrogen (secondary N) is 1. The second-order valence-electron chi connectivity index (χ2n) is 7.49. The first-order chi connectivity index (χ1) is 16.0. The number of halogens is 2. The number of hydrogen-bond donors (Lipinski definition) is 1. The maximum atomic E-state index is 13.4. The fourth-order valence-electron chi connectivity index (χ4n) is 3.67. The molecule has 1 heterocycles.